The predicted octanol–water partition coefficient (Wildman–Crippen LogP) is 2.82. The van der Waals surface area contributed by atoms with Crippen molar-refractivity contribution in [2.75, 3.05) is 0 Å². The predicted molar refractivity (Wildman–Crippen MR) is 76.1 cm³/mol. The highest BCUT2D eigenvalue weighted by molar-refractivity contribution is 5.87. The molecule has 4 heteroatoms. The van der Waals surface area contributed by atoms with Crippen molar-refractivity contribution in [3.05, 3.63) is 52.6 Å². The van der Waals surface area contributed by atoms with Gasteiger partial charge in [-0.05, 0) is 55.9 Å². The quantitative estimate of drug-likeness (QED) is 0.933. The molecule has 4 nitrogen and oxygen atoms in total. The maximum Gasteiger partial charge on any atom is 0.335 e. The first kappa shape index (κ1) is 12.9. The van der Waals surface area contributed by atoms with Gasteiger partial charge in [0.25, 0.3) is 0 Å². The van der Waals surface area contributed by atoms with E-state index in [-0.39, 0.29) is 0 Å². The van der Waals surface area contributed by atoms with Crippen molar-refractivity contribution in [3.8, 4) is 0 Å². The van der Waals surface area contributed by atoms with Gasteiger partial charge in [0.2, 0.25) is 0 Å². The molecule has 1 aliphatic rings. The largest absolute Gasteiger partial charge is 0.478 e. The highest BCUT2D eigenvalue weighted by Gasteiger charge is 2.15. The van der Waals surface area contributed by atoms with Gasteiger partial charge in [0.1, 0.15) is 0 Å². The van der Waals surface area contributed by atoms with Crippen molar-refractivity contribution < 1.29 is 9.90 Å². The van der Waals surface area contributed by atoms with Crippen molar-refractivity contribution in [2.24, 2.45) is 0 Å². The van der Waals surface area contributed by atoms with Gasteiger partial charge in [-0.15, -0.1) is 0 Å². The average Bonchev–Trinajstić information content (AvgIpc) is 2.84. The summed E-state index contributed by atoms with van der Waals surface area (Å²) < 4.78 is 2.21. The number of carboxylic acid groups (broad SMARTS) is 1. The van der Waals surface area contributed by atoms with E-state index in [1.807, 2.05) is 19.3 Å². The van der Waals surface area contributed by atoms with Crippen LogP contribution in [-0.4, -0.2) is 20.6 Å². The Labute approximate surface area is 118 Å². The Morgan fingerprint density at radius 3 is 2.90 bits per heavy atom. The van der Waals surface area contributed by atoms with E-state index in [4.69, 9.17) is 5.11 Å². The molecule has 20 heavy (non-hydrogen) atoms. The molecule has 3 rings (SSSR count). The fraction of sp³-hybridized carbons (Fsp3) is 0.375. The summed E-state index contributed by atoms with van der Waals surface area (Å²) >= 11 is 0. The number of aryl methyl sites for hydroxylation is 2. The molecule has 0 amide bonds. The molecule has 1 aromatic heterocycles. The monoisotopic (exact) mass is 270 g/mol. The summed E-state index contributed by atoms with van der Waals surface area (Å²) in [5, 5.41) is 9.00. The minimum atomic E-state index is -0.875. The topological polar surface area (TPSA) is 55.1 Å². The molecule has 1 N–H and O–H groups in total. The van der Waals surface area contributed by atoms with Crippen LogP contribution in [0, 0.1) is 6.92 Å². The summed E-state index contributed by atoms with van der Waals surface area (Å²) in [5.41, 5.74) is 5.09. The van der Waals surface area contributed by atoms with E-state index >= 15 is 0 Å². The number of aromatic nitrogens is 2. The van der Waals surface area contributed by atoms with Crippen LogP contribution < -0.4 is 0 Å². The number of hydrogen-bond donors (Lipinski definition) is 1. The molecule has 0 fully saturated rings. The fourth-order valence-electron chi connectivity index (χ4n) is 2.86. The van der Waals surface area contributed by atoms with Crippen LogP contribution in [0.3, 0.4) is 0 Å². The van der Waals surface area contributed by atoms with Gasteiger partial charge in [-0.1, -0.05) is 6.07 Å². The number of carbonyl (C=O) groups is 1. The van der Waals surface area contributed by atoms with E-state index in [0.717, 1.165) is 30.5 Å². The minimum absolute atomic E-state index is 0.346. The van der Waals surface area contributed by atoms with Crippen LogP contribution in [0.25, 0.3) is 0 Å². The second-order valence-corrected chi connectivity index (χ2v) is 5.42. The van der Waals surface area contributed by atoms with Gasteiger partial charge >= 0.3 is 5.97 Å². The smallest absolute Gasteiger partial charge is 0.335 e. The summed E-state index contributed by atoms with van der Waals surface area (Å²) in [7, 11) is 0. The molecule has 104 valence electrons. The highest BCUT2D eigenvalue weighted by Crippen LogP contribution is 2.21. The van der Waals surface area contributed by atoms with Gasteiger partial charge in [-0.25, -0.2) is 9.78 Å². The van der Waals surface area contributed by atoms with Crippen molar-refractivity contribution >= 4 is 5.97 Å². The molecule has 1 aromatic carbocycles. The maximum absolute atomic E-state index is 11.0. The number of nitrogens with zero attached hydrogens (tertiary/aromatic N) is 2. The van der Waals surface area contributed by atoms with Gasteiger partial charge in [-0.2, -0.15) is 0 Å². The van der Waals surface area contributed by atoms with Gasteiger partial charge in [0.05, 0.1) is 17.6 Å². The first-order valence-corrected chi connectivity index (χ1v) is 7.01. The lowest BCUT2D eigenvalue weighted by Gasteiger charge is -2.15. The third-order valence-electron chi connectivity index (χ3n) is 4.04. The van der Waals surface area contributed by atoms with Crippen molar-refractivity contribution in [1.29, 1.82) is 0 Å². The molecule has 0 saturated carbocycles. The van der Waals surface area contributed by atoms with E-state index < -0.39 is 5.97 Å². The average molecular weight is 270 g/mol. The van der Waals surface area contributed by atoms with Gasteiger partial charge < -0.3 is 9.67 Å². The summed E-state index contributed by atoms with van der Waals surface area (Å²) in [6, 6.07) is 5.32. The normalized spacial score (nSPS) is 14.1. The number of imidazole rings is 1. The number of benzene rings is 1. The lowest BCUT2D eigenvalue weighted by molar-refractivity contribution is 0.0697. The summed E-state index contributed by atoms with van der Waals surface area (Å²) in [4.78, 5) is 15.5. The number of aromatic carboxylic acids is 1. The molecule has 1 aliphatic carbocycles. The van der Waals surface area contributed by atoms with Crippen molar-refractivity contribution in [3.63, 3.8) is 0 Å². The Balaban J connectivity index is 1.88. The Bertz CT molecular complexity index is 658. The van der Waals surface area contributed by atoms with Crippen LogP contribution in [0.15, 0.2) is 24.5 Å². The zero-order valence-corrected chi connectivity index (χ0v) is 11.6. The SMILES string of the molecule is Cc1cc(C(=O)O)ccc1Cn1cnc2c1CCCC2. The van der Waals surface area contributed by atoms with Gasteiger partial charge in [0, 0.05) is 12.2 Å². The molecule has 0 atom stereocenters. The summed E-state index contributed by atoms with van der Waals surface area (Å²) in [6.07, 6.45) is 6.56. The van der Waals surface area contributed by atoms with E-state index in [1.54, 1.807) is 12.1 Å². The van der Waals surface area contributed by atoms with E-state index in [0.29, 0.717) is 5.56 Å². The molecule has 0 radical (unpaired) electrons. The lowest BCUT2D eigenvalue weighted by atomic mass is 10.0. The molecule has 0 bridgehead atoms. The molecule has 2 aromatic rings. The number of fused-ring (bicyclic) bond motifs is 1. The van der Waals surface area contributed by atoms with E-state index in [9.17, 15) is 4.79 Å². The van der Waals surface area contributed by atoms with Crippen LogP contribution >= 0.6 is 0 Å². The van der Waals surface area contributed by atoms with E-state index in [2.05, 4.69) is 9.55 Å². The van der Waals surface area contributed by atoms with Crippen molar-refractivity contribution in [1.82, 2.24) is 9.55 Å². The lowest BCUT2D eigenvalue weighted by Crippen LogP contribution is -2.10. The first-order chi connectivity index (χ1) is 9.65. The second kappa shape index (κ2) is 5.12. The Morgan fingerprint density at radius 1 is 1.35 bits per heavy atom. The van der Waals surface area contributed by atoms with Crippen LogP contribution in [0.4, 0.5) is 0 Å². The maximum atomic E-state index is 11.0. The van der Waals surface area contributed by atoms with Crippen LogP contribution in [0.1, 0.15) is 45.7 Å². The zero-order chi connectivity index (χ0) is 14.1. The third kappa shape index (κ3) is 2.33. The summed E-state index contributed by atoms with van der Waals surface area (Å²) in [5.74, 6) is -0.875. The molecular formula is C16H18N2O2. The minimum Gasteiger partial charge on any atom is -0.478 e. The van der Waals surface area contributed by atoms with Gasteiger partial charge in [-0.3, -0.25) is 0 Å². The molecule has 1 heterocycles. The Kier molecular flexibility index (Phi) is 3.30. The Morgan fingerprint density at radius 2 is 2.15 bits per heavy atom. The van der Waals surface area contributed by atoms with Crippen LogP contribution in [0.2, 0.25) is 0 Å². The highest BCUT2D eigenvalue weighted by atomic mass is 16.4. The number of rotatable bonds is 3. The van der Waals surface area contributed by atoms with Crippen molar-refractivity contribution in [2.45, 2.75) is 39.2 Å². The van der Waals surface area contributed by atoms with Gasteiger partial charge in [0.15, 0.2) is 0 Å². The molecule has 0 unspecified atom stereocenters. The Hall–Kier alpha value is -2.10. The second-order valence-electron chi connectivity index (χ2n) is 5.42. The van der Waals surface area contributed by atoms with Crippen LogP contribution in [0.5, 0.6) is 0 Å². The zero-order valence-electron chi connectivity index (χ0n) is 11.6. The third-order valence-corrected chi connectivity index (χ3v) is 4.04. The molecular weight excluding hydrogens is 252 g/mol. The molecule has 0 aliphatic heterocycles. The molecule has 0 saturated heterocycles. The van der Waals surface area contributed by atoms with E-state index in [1.165, 1.54) is 24.2 Å². The molecule has 0 spiro atoms. The summed E-state index contributed by atoms with van der Waals surface area (Å²) in [6.45, 7) is 2.74. The standard InChI is InChI=1S/C16H18N2O2/c1-11-8-12(16(19)20)6-7-13(11)9-18-10-17-14-4-2-3-5-15(14)18/h6-8,10H,2-5,9H2,1H3,(H,19,20). The van der Waals surface area contributed by atoms with Crippen LogP contribution in [-0.2, 0) is 19.4 Å². The number of carboxylic acids is 1. The number of hydrogen-bond acceptors (Lipinski definition) is 2. The first-order valence-electron chi connectivity index (χ1n) is 7.01. The fourth-order valence-corrected chi connectivity index (χ4v) is 2.86.